The molecule has 0 bridgehead atoms. The van der Waals surface area contributed by atoms with Gasteiger partial charge < -0.3 is 4.98 Å². The van der Waals surface area contributed by atoms with Crippen LogP contribution in [0.4, 0.5) is 8.78 Å². The van der Waals surface area contributed by atoms with Crippen LogP contribution in [0.1, 0.15) is 5.69 Å². The zero-order chi connectivity index (χ0) is 12.0. The molecule has 3 aromatic rings. The van der Waals surface area contributed by atoms with Crippen LogP contribution in [0.2, 0.25) is 0 Å². The topological polar surface area (TPSA) is 67.6 Å². The summed E-state index contributed by atoms with van der Waals surface area (Å²) in [5, 5.41) is 7.19. The smallest absolute Gasteiger partial charge is 0.173 e. The van der Waals surface area contributed by atoms with Crippen molar-refractivity contribution in [2.45, 2.75) is 6.92 Å². The summed E-state index contributed by atoms with van der Waals surface area (Å²) in [4.78, 5) is 6.60. The second kappa shape index (κ2) is 3.34. The SMILES string of the molecule is Cc1nonc1-c1nc2c(F)ccc(F)c2[nH]1. The van der Waals surface area contributed by atoms with E-state index < -0.39 is 11.6 Å². The van der Waals surface area contributed by atoms with E-state index in [1.54, 1.807) is 6.92 Å². The van der Waals surface area contributed by atoms with E-state index >= 15 is 0 Å². The second-order valence-electron chi connectivity index (χ2n) is 3.54. The fourth-order valence-corrected chi connectivity index (χ4v) is 1.59. The molecule has 0 amide bonds. The van der Waals surface area contributed by atoms with Gasteiger partial charge in [-0.2, -0.15) is 0 Å². The number of nitrogens with one attached hydrogen (secondary N) is 1. The molecule has 0 spiro atoms. The first-order chi connectivity index (χ1) is 8.16. The van der Waals surface area contributed by atoms with Crippen molar-refractivity contribution >= 4 is 11.0 Å². The van der Waals surface area contributed by atoms with Gasteiger partial charge in [0, 0.05) is 0 Å². The van der Waals surface area contributed by atoms with Crippen LogP contribution in [0.3, 0.4) is 0 Å². The molecule has 0 saturated heterocycles. The highest BCUT2D eigenvalue weighted by Gasteiger charge is 2.16. The molecule has 0 aliphatic rings. The zero-order valence-electron chi connectivity index (χ0n) is 8.66. The number of imidazole rings is 1. The number of aromatic nitrogens is 4. The van der Waals surface area contributed by atoms with Crippen LogP contribution in [0.15, 0.2) is 16.8 Å². The van der Waals surface area contributed by atoms with E-state index in [0.29, 0.717) is 11.4 Å². The summed E-state index contributed by atoms with van der Waals surface area (Å²) in [6, 6.07) is 2.06. The molecule has 0 aliphatic heterocycles. The van der Waals surface area contributed by atoms with Crippen LogP contribution < -0.4 is 0 Å². The van der Waals surface area contributed by atoms with Crippen molar-refractivity contribution < 1.29 is 13.4 Å². The number of fused-ring (bicyclic) bond motifs is 1. The van der Waals surface area contributed by atoms with Gasteiger partial charge in [-0.1, -0.05) is 5.16 Å². The van der Waals surface area contributed by atoms with Crippen molar-refractivity contribution in [2.24, 2.45) is 0 Å². The van der Waals surface area contributed by atoms with Gasteiger partial charge in [0.05, 0.1) is 0 Å². The van der Waals surface area contributed by atoms with Gasteiger partial charge in [0.1, 0.15) is 22.5 Å². The predicted octanol–water partition coefficient (Wildman–Crippen LogP) is 2.20. The third-order valence-corrected chi connectivity index (χ3v) is 2.42. The number of benzene rings is 1. The molecule has 7 heteroatoms. The number of hydrogen-bond acceptors (Lipinski definition) is 4. The van der Waals surface area contributed by atoms with Crippen molar-refractivity contribution in [1.29, 1.82) is 0 Å². The summed E-state index contributed by atoms with van der Waals surface area (Å²) in [5.41, 5.74) is 0.759. The Kier molecular flexibility index (Phi) is 1.94. The summed E-state index contributed by atoms with van der Waals surface area (Å²) in [7, 11) is 0. The number of aryl methyl sites for hydroxylation is 1. The van der Waals surface area contributed by atoms with Gasteiger partial charge in [-0.15, -0.1) is 0 Å². The molecule has 1 aromatic carbocycles. The minimum atomic E-state index is -0.599. The fraction of sp³-hybridized carbons (Fsp3) is 0.100. The van der Waals surface area contributed by atoms with Crippen molar-refractivity contribution in [1.82, 2.24) is 20.3 Å². The number of nitrogens with zero attached hydrogens (tertiary/aromatic N) is 3. The molecule has 0 fully saturated rings. The monoisotopic (exact) mass is 236 g/mol. The van der Waals surface area contributed by atoms with Gasteiger partial charge in [-0.25, -0.2) is 18.4 Å². The Balaban J connectivity index is 2.31. The second-order valence-corrected chi connectivity index (χ2v) is 3.54. The normalized spacial score (nSPS) is 11.2. The lowest BCUT2D eigenvalue weighted by atomic mass is 10.3. The molecule has 86 valence electrons. The van der Waals surface area contributed by atoms with Crippen molar-refractivity contribution in [3.8, 4) is 11.5 Å². The lowest BCUT2D eigenvalue weighted by Crippen LogP contribution is -1.83. The fourth-order valence-electron chi connectivity index (χ4n) is 1.59. The zero-order valence-corrected chi connectivity index (χ0v) is 8.66. The number of aromatic amines is 1. The van der Waals surface area contributed by atoms with E-state index in [4.69, 9.17) is 0 Å². The Labute approximate surface area is 93.4 Å². The molecule has 0 radical (unpaired) electrons. The van der Waals surface area contributed by atoms with Crippen LogP contribution in [0, 0.1) is 18.6 Å². The minimum Gasteiger partial charge on any atom is -0.334 e. The van der Waals surface area contributed by atoms with Crippen molar-refractivity contribution in [2.75, 3.05) is 0 Å². The highest BCUT2D eigenvalue weighted by molar-refractivity contribution is 5.80. The predicted molar refractivity (Wildman–Crippen MR) is 54.0 cm³/mol. The molecule has 0 atom stereocenters. The minimum absolute atomic E-state index is 0.00222. The van der Waals surface area contributed by atoms with Gasteiger partial charge in [0.25, 0.3) is 0 Å². The van der Waals surface area contributed by atoms with Gasteiger partial charge in [-0.05, 0) is 24.2 Å². The molecule has 5 nitrogen and oxygen atoms in total. The first-order valence-electron chi connectivity index (χ1n) is 4.80. The highest BCUT2D eigenvalue weighted by Crippen LogP contribution is 2.24. The standard InChI is InChI=1S/C10H6F2N4O/c1-4-7(16-17-15-4)10-13-8-5(11)2-3-6(12)9(8)14-10/h2-3H,1H3,(H,13,14). The maximum Gasteiger partial charge on any atom is 0.173 e. The van der Waals surface area contributed by atoms with Gasteiger partial charge in [0.15, 0.2) is 17.3 Å². The number of H-pyrrole nitrogens is 1. The third-order valence-electron chi connectivity index (χ3n) is 2.42. The van der Waals surface area contributed by atoms with Gasteiger partial charge in [-0.3, -0.25) is 0 Å². The number of halogens is 2. The van der Waals surface area contributed by atoms with E-state index in [0.717, 1.165) is 12.1 Å². The molecule has 0 saturated carbocycles. The molecule has 2 aromatic heterocycles. The molecule has 0 aliphatic carbocycles. The Morgan fingerprint density at radius 2 is 1.94 bits per heavy atom. The lowest BCUT2D eigenvalue weighted by Gasteiger charge is -1.90. The van der Waals surface area contributed by atoms with E-state index in [9.17, 15) is 8.78 Å². The number of hydrogen-bond donors (Lipinski definition) is 1. The average Bonchev–Trinajstić information content (AvgIpc) is 2.89. The van der Waals surface area contributed by atoms with E-state index in [-0.39, 0.29) is 16.9 Å². The van der Waals surface area contributed by atoms with E-state index in [2.05, 4.69) is 24.9 Å². The van der Waals surface area contributed by atoms with Crippen LogP contribution in [-0.4, -0.2) is 20.3 Å². The molecule has 17 heavy (non-hydrogen) atoms. The summed E-state index contributed by atoms with van der Waals surface area (Å²) < 4.78 is 31.3. The lowest BCUT2D eigenvalue weighted by molar-refractivity contribution is 0.305. The van der Waals surface area contributed by atoms with Crippen LogP contribution >= 0.6 is 0 Å². The van der Waals surface area contributed by atoms with Crippen LogP contribution in [0.25, 0.3) is 22.6 Å². The molecule has 0 unspecified atom stereocenters. The summed E-state index contributed by atoms with van der Waals surface area (Å²) in [5.74, 6) is -0.949. The molecular formula is C10H6F2N4O. The van der Waals surface area contributed by atoms with Crippen molar-refractivity contribution in [3.63, 3.8) is 0 Å². The largest absolute Gasteiger partial charge is 0.334 e. The Morgan fingerprint density at radius 3 is 2.59 bits per heavy atom. The molecular weight excluding hydrogens is 230 g/mol. The van der Waals surface area contributed by atoms with E-state index in [1.807, 2.05) is 0 Å². The van der Waals surface area contributed by atoms with Gasteiger partial charge >= 0.3 is 0 Å². The van der Waals surface area contributed by atoms with E-state index in [1.165, 1.54) is 0 Å². The molecule has 2 heterocycles. The number of rotatable bonds is 1. The summed E-state index contributed by atoms with van der Waals surface area (Å²) >= 11 is 0. The van der Waals surface area contributed by atoms with Gasteiger partial charge in [0.2, 0.25) is 0 Å². The maximum absolute atomic E-state index is 13.4. The van der Waals surface area contributed by atoms with Crippen LogP contribution in [-0.2, 0) is 0 Å². The summed E-state index contributed by atoms with van der Waals surface area (Å²) in [6.07, 6.45) is 0. The molecule has 3 rings (SSSR count). The Hall–Kier alpha value is -2.31. The highest BCUT2D eigenvalue weighted by atomic mass is 19.1. The molecule has 1 N–H and O–H groups in total. The first kappa shape index (κ1) is 9.88. The third kappa shape index (κ3) is 1.39. The van der Waals surface area contributed by atoms with Crippen molar-refractivity contribution in [3.05, 3.63) is 29.5 Å². The maximum atomic E-state index is 13.4. The van der Waals surface area contributed by atoms with Crippen LogP contribution in [0.5, 0.6) is 0 Å². The first-order valence-corrected chi connectivity index (χ1v) is 4.80. The quantitative estimate of drug-likeness (QED) is 0.703. The summed E-state index contributed by atoms with van der Waals surface area (Å²) in [6.45, 7) is 1.66. The Bertz CT molecular complexity index is 664. The Morgan fingerprint density at radius 1 is 1.18 bits per heavy atom. The average molecular weight is 236 g/mol.